The van der Waals surface area contributed by atoms with Gasteiger partial charge in [0.15, 0.2) is 11.6 Å². The predicted octanol–water partition coefficient (Wildman–Crippen LogP) is 1.04. The highest BCUT2D eigenvalue weighted by molar-refractivity contribution is 7.85. The fraction of sp³-hybridized carbons (Fsp3) is 0.818. The van der Waals surface area contributed by atoms with E-state index in [0.29, 0.717) is 19.3 Å². The van der Waals surface area contributed by atoms with Crippen LogP contribution in [0.3, 0.4) is 0 Å². The quantitative estimate of drug-likeness (QED) is 0.458. The highest BCUT2D eigenvalue weighted by atomic mass is 32.2. The van der Waals surface area contributed by atoms with Crippen LogP contribution < -0.4 is 0 Å². The van der Waals surface area contributed by atoms with Crippen LogP contribution in [0.4, 0.5) is 0 Å². The highest BCUT2D eigenvalue weighted by Crippen LogP contribution is 2.67. The summed E-state index contributed by atoms with van der Waals surface area (Å²) in [6.45, 7) is 3.86. The van der Waals surface area contributed by atoms with Gasteiger partial charge in [-0.25, -0.2) is 0 Å². The molecule has 4 aliphatic rings. The molecule has 0 amide bonds. The largest absolute Gasteiger partial charge is 0.393 e. The average molecular weight is 457 g/mol. The molecular formula is C22H32O8S. The molecule has 0 spiro atoms. The van der Waals surface area contributed by atoms with Gasteiger partial charge in [-0.3, -0.25) is 14.1 Å². The minimum atomic E-state index is -4.59. The Morgan fingerprint density at radius 3 is 2.55 bits per heavy atom. The number of carbonyl (C=O) groups excluding carboxylic acids is 2. The first-order chi connectivity index (χ1) is 14.2. The van der Waals surface area contributed by atoms with Crippen LogP contribution in [0.5, 0.6) is 0 Å². The smallest absolute Gasteiger partial charge is 0.267 e. The van der Waals surface area contributed by atoms with E-state index in [0.717, 1.165) is 18.4 Å². The molecule has 8 nitrogen and oxygen atoms in total. The van der Waals surface area contributed by atoms with Crippen molar-refractivity contribution in [2.45, 2.75) is 76.6 Å². The van der Waals surface area contributed by atoms with Gasteiger partial charge in [0.25, 0.3) is 10.1 Å². The Morgan fingerprint density at radius 1 is 1.23 bits per heavy atom. The maximum atomic E-state index is 13.0. The van der Waals surface area contributed by atoms with E-state index < -0.39 is 44.9 Å². The molecule has 4 aliphatic carbocycles. The summed E-state index contributed by atoms with van der Waals surface area (Å²) in [6.07, 6.45) is 2.25. The minimum absolute atomic E-state index is 0.0460. The Bertz CT molecular complexity index is 941. The summed E-state index contributed by atoms with van der Waals surface area (Å²) in [6, 6.07) is 0. The van der Waals surface area contributed by atoms with Crippen LogP contribution in [0.1, 0.15) is 58.8 Å². The van der Waals surface area contributed by atoms with Crippen LogP contribution >= 0.6 is 0 Å². The van der Waals surface area contributed by atoms with Crippen LogP contribution in [-0.2, 0) is 19.7 Å². The van der Waals surface area contributed by atoms with Gasteiger partial charge in [-0.1, -0.05) is 19.4 Å². The second-order valence-electron chi connectivity index (χ2n) is 10.6. The molecular weight excluding hydrogens is 424 g/mol. The Hall–Kier alpha value is -1.13. The lowest BCUT2D eigenvalue weighted by Crippen LogP contribution is -2.63. The third-order valence-corrected chi connectivity index (χ3v) is 9.86. The normalized spacial score (nSPS) is 45.9. The molecule has 0 radical (unpaired) electrons. The first-order valence-electron chi connectivity index (χ1n) is 11.0. The number of aliphatic hydroxyl groups excluding tert-OH is 2. The average Bonchev–Trinajstić information content (AvgIpc) is 2.91. The number of ketones is 2. The van der Waals surface area contributed by atoms with Gasteiger partial charge in [-0.2, -0.15) is 8.42 Å². The molecule has 2 unspecified atom stereocenters. The summed E-state index contributed by atoms with van der Waals surface area (Å²) in [4.78, 5) is 25.0. The van der Waals surface area contributed by atoms with Gasteiger partial charge in [-0.15, -0.1) is 0 Å². The summed E-state index contributed by atoms with van der Waals surface area (Å²) < 4.78 is 31.3. The molecule has 174 valence electrons. The van der Waals surface area contributed by atoms with E-state index in [1.54, 1.807) is 13.0 Å². The van der Waals surface area contributed by atoms with E-state index in [1.807, 2.05) is 0 Å². The molecule has 31 heavy (non-hydrogen) atoms. The topological polar surface area (TPSA) is 149 Å². The molecule has 0 bridgehead atoms. The van der Waals surface area contributed by atoms with Crippen LogP contribution in [0.15, 0.2) is 11.6 Å². The van der Waals surface area contributed by atoms with E-state index in [2.05, 4.69) is 6.92 Å². The molecule has 4 rings (SSSR count). The predicted molar refractivity (Wildman–Crippen MR) is 110 cm³/mol. The molecule has 0 aromatic heterocycles. The van der Waals surface area contributed by atoms with E-state index in [9.17, 15) is 33.3 Å². The molecule has 8 atom stereocenters. The number of aliphatic hydroxyl groups is 3. The molecule has 0 aromatic carbocycles. The van der Waals surface area contributed by atoms with Crippen molar-refractivity contribution in [3.05, 3.63) is 11.6 Å². The lowest BCUT2D eigenvalue weighted by molar-refractivity contribution is -0.185. The van der Waals surface area contributed by atoms with Crippen LogP contribution in [-0.4, -0.2) is 63.4 Å². The van der Waals surface area contributed by atoms with Crippen molar-refractivity contribution in [2.24, 2.45) is 28.6 Å². The van der Waals surface area contributed by atoms with Crippen molar-refractivity contribution in [2.75, 3.05) is 5.75 Å². The third-order valence-electron chi connectivity index (χ3n) is 9.13. The van der Waals surface area contributed by atoms with Crippen molar-refractivity contribution in [3.63, 3.8) is 0 Å². The zero-order valence-electron chi connectivity index (χ0n) is 18.0. The molecule has 3 saturated carbocycles. The monoisotopic (exact) mass is 456 g/mol. The Kier molecular flexibility index (Phi) is 5.34. The fourth-order valence-corrected chi connectivity index (χ4v) is 8.20. The zero-order valence-corrected chi connectivity index (χ0v) is 18.8. The second kappa shape index (κ2) is 7.18. The van der Waals surface area contributed by atoms with E-state index in [-0.39, 0.29) is 41.8 Å². The maximum absolute atomic E-state index is 13.0. The van der Waals surface area contributed by atoms with Gasteiger partial charge < -0.3 is 15.3 Å². The Balaban J connectivity index is 1.67. The molecule has 9 heteroatoms. The lowest BCUT2D eigenvalue weighted by Gasteiger charge is -2.60. The van der Waals surface area contributed by atoms with E-state index in [1.165, 1.54) is 0 Å². The summed E-state index contributed by atoms with van der Waals surface area (Å²) >= 11 is 0. The van der Waals surface area contributed by atoms with E-state index in [4.69, 9.17) is 4.55 Å². The molecule has 0 heterocycles. The standard InChI is InChI=1S/C22H32O8S/c1-20-7-5-13(23)9-12(20)3-4-14-15-6-8-22(27,19(26)17(25)11-31(28,29)30)21(15,2)10-16(24)18(14)20/h9,14-18,24-25,27H,3-8,10-11H2,1-2H3,(H,28,29,30)/t14-,15-,16?,17?,18+,20-,21-,22-/m0/s1. The molecule has 0 aromatic rings. The SMILES string of the molecule is C[C@]12CCC(=O)C=C1CC[C@@H]1[C@@H]2C(O)C[C@@]2(C)[C@H]1CC[C@]2(O)C(=O)C(O)CS(=O)(=O)O. The van der Waals surface area contributed by atoms with Gasteiger partial charge in [0, 0.05) is 11.8 Å². The van der Waals surface area contributed by atoms with Crippen molar-refractivity contribution in [1.29, 1.82) is 0 Å². The number of fused-ring (bicyclic) bond motifs is 5. The maximum Gasteiger partial charge on any atom is 0.267 e. The second-order valence-corrected chi connectivity index (χ2v) is 12.1. The summed E-state index contributed by atoms with van der Waals surface area (Å²) in [5.74, 6) is -2.17. The lowest BCUT2D eigenvalue weighted by atomic mass is 9.45. The van der Waals surface area contributed by atoms with Crippen molar-refractivity contribution < 1.29 is 37.9 Å². The van der Waals surface area contributed by atoms with Crippen molar-refractivity contribution in [3.8, 4) is 0 Å². The van der Waals surface area contributed by atoms with Crippen molar-refractivity contribution in [1.82, 2.24) is 0 Å². The van der Waals surface area contributed by atoms with Gasteiger partial charge >= 0.3 is 0 Å². The fourth-order valence-electron chi connectivity index (χ4n) is 7.65. The van der Waals surface area contributed by atoms with Gasteiger partial charge in [0.2, 0.25) is 0 Å². The number of hydrogen-bond donors (Lipinski definition) is 4. The minimum Gasteiger partial charge on any atom is -0.393 e. The zero-order chi connectivity index (χ0) is 23.0. The number of allylic oxidation sites excluding steroid dienone is 1. The summed E-state index contributed by atoms with van der Waals surface area (Å²) in [7, 11) is -4.59. The van der Waals surface area contributed by atoms with Crippen LogP contribution in [0.25, 0.3) is 0 Å². The Labute approximate surface area is 182 Å². The number of carbonyl (C=O) groups is 2. The first-order valence-corrected chi connectivity index (χ1v) is 12.7. The molecule has 3 fully saturated rings. The van der Waals surface area contributed by atoms with Crippen molar-refractivity contribution >= 4 is 21.7 Å². The number of Topliss-reactive ketones (excluding diaryl/α,β-unsaturated/α-hetero) is 1. The molecule has 0 saturated heterocycles. The van der Waals surface area contributed by atoms with E-state index >= 15 is 0 Å². The van der Waals surface area contributed by atoms with Gasteiger partial charge in [-0.05, 0) is 67.8 Å². The van der Waals surface area contributed by atoms with Gasteiger partial charge in [0.1, 0.15) is 17.5 Å². The third kappa shape index (κ3) is 3.35. The highest BCUT2D eigenvalue weighted by Gasteiger charge is 2.68. The number of hydrogen-bond acceptors (Lipinski definition) is 7. The summed E-state index contributed by atoms with van der Waals surface area (Å²) in [5.41, 5.74) is -2.21. The van der Waals surface area contributed by atoms with Gasteiger partial charge in [0.05, 0.1) is 6.10 Å². The molecule has 0 aliphatic heterocycles. The summed E-state index contributed by atoms with van der Waals surface area (Å²) in [5, 5.41) is 32.9. The first kappa shape index (κ1) is 23.0. The van der Waals surface area contributed by atoms with Crippen LogP contribution in [0.2, 0.25) is 0 Å². The molecule has 4 N–H and O–H groups in total. The Morgan fingerprint density at radius 2 is 1.90 bits per heavy atom. The van der Waals surface area contributed by atoms with Crippen LogP contribution in [0, 0.1) is 28.6 Å². The number of rotatable bonds is 4.